The van der Waals surface area contributed by atoms with E-state index in [0.717, 1.165) is 32.0 Å². The average Bonchev–Trinajstić information content (AvgIpc) is 2.85. The van der Waals surface area contributed by atoms with Gasteiger partial charge < -0.3 is 9.88 Å². The van der Waals surface area contributed by atoms with Gasteiger partial charge >= 0.3 is 0 Å². The Balaban J connectivity index is 1.89. The van der Waals surface area contributed by atoms with Crippen molar-refractivity contribution in [3.05, 3.63) is 53.6 Å². The van der Waals surface area contributed by atoms with Gasteiger partial charge in [-0.25, -0.2) is 4.98 Å². The third-order valence-corrected chi connectivity index (χ3v) is 3.53. The zero-order valence-electron chi connectivity index (χ0n) is 13.3. The third-order valence-electron chi connectivity index (χ3n) is 3.53. The van der Waals surface area contributed by atoms with Crippen LogP contribution < -0.4 is 5.32 Å². The second-order valence-corrected chi connectivity index (χ2v) is 5.62. The van der Waals surface area contributed by atoms with E-state index in [4.69, 9.17) is 0 Å². The number of nitrogens with one attached hydrogen (secondary N) is 1. The summed E-state index contributed by atoms with van der Waals surface area (Å²) < 4.78 is 2.07. The zero-order valence-corrected chi connectivity index (χ0v) is 13.3. The molecule has 0 unspecified atom stereocenters. The first kappa shape index (κ1) is 15.7. The van der Waals surface area contributed by atoms with E-state index >= 15 is 0 Å². The molecule has 1 heterocycles. The molecule has 4 heteroatoms. The molecule has 0 amide bonds. The highest BCUT2D eigenvalue weighted by molar-refractivity contribution is 5.23. The van der Waals surface area contributed by atoms with Crippen molar-refractivity contribution in [3.63, 3.8) is 0 Å². The molecule has 0 radical (unpaired) electrons. The fourth-order valence-corrected chi connectivity index (χ4v) is 2.41. The predicted octanol–water partition coefficient (Wildman–Crippen LogP) is 2.55. The Bertz CT molecular complexity index is 547. The summed E-state index contributed by atoms with van der Waals surface area (Å²) in [5, 5.41) is 3.45. The smallest absolute Gasteiger partial charge is 0.122 e. The van der Waals surface area contributed by atoms with Crippen LogP contribution in [0.4, 0.5) is 0 Å². The van der Waals surface area contributed by atoms with Gasteiger partial charge in [-0.2, -0.15) is 0 Å². The van der Waals surface area contributed by atoms with E-state index in [2.05, 4.69) is 58.0 Å². The molecule has 21 heavy (non-hydrogen) atoms. The minimum atomic E-state index is 0.863. The molecule has 1 aromatic carbocycles. The summed E-state index contributed by atoms with van der Waals surface area (Å²) in [6.07, 6.45) is 5.01. The third kappa shape index (κ3) is 4.99. The summed E-state index contributed by atoms with van der Waals surface area (Å²) in [5.41, 5.74) is 2.70. The Morgan fingerprint density at radius 1 is 1.24 bits per heavy atom. The first-order valence-corrected chi connectivity index (χ1v) is 7.62. The predicted molar refractivity (Wildman–Crippen MR) is 86.8 cm³/mol. The maximum absolute atomic E-state index is 4.38. The fraction of sp³-hybridized carbons (Fsp3) is 0.471. The molecule has 0 aliphatic carbocycles. The van der Waals surface area contributed by atoms with Crippen molar-refractivity contribution >= 4 is 0 Å². The van der Waals surface area contributed by atoms with E-state index in [9.17, 15) is 0 Å². The molecule has 0 bridgehead atoms. The standard InChI is InChI=1S/C17H26N4/c1-4-8-18-12-15-6-5-7-16(11-15)13-20(2)14-17-19-9-10-21(17)3/h5-7,9-11,18H,4,8,12-14H2,1-3H3. The Morgan fingerprint density at radius 2 is 2.05 bits per heavy atom. The van der Waals surface area contributed by atoms with Crippen LogP contribution in [0.1, 0.15) is 30.3 Å². The quantitative estimate of drug-likeness (QED) is 0.757. The molecule has 0 atom stereocenters. The van der Waals surface area contributed by atoms with Gasteiger partial charge in [0.25, 0.3) is 0 Å². The number of hydrogen-bond acceptors (Lipinski definition) is 3. The molecule has 2 aromatic rings. The summed E-state index contributed by atoms with van der Waals surface area (Å²) in [6.45, 7) is 6.01. The molecule has 114 valence electrons. The summed E-state index contributed by atoms with van der Waals surface area (Å²) in [4.78, 5) is 6.67. The Kier molecular flexibility index (Phi) is 5.96. The Labute approximate surface area is 127 Å². The maximum Gasteiger partial charge on any atom is 0.122 e. The molecule has 4 nitrogen and oxygen atoms in total. The molecular weight excluding hydrogens is 260 g/mol. The van der Waals surface area contributed by atoms with E-state index in [0.29, 0.717) is 0 Å². The molecule has 1 N–H and O–H groups in total. The largest absolute Gasteiger partial charge is 0.337 e. The van der Waals surface area contributed by atoms with Crippen LogP contribution in [0.2, 0.25) is 0 Å². The number of aryl methyl sites for hydroxylation is 1. The van der Waals surface area contributed by atoms with Crippen molar-refractivity contribution in [1.82, 2.24) is 19.8 Å². The highest BCUT2D eigenvalue weighted by Gasteiger charge is 2.05. The van der Waals surface area contributed by atoms with Crippen LogP contribution in [0.25, 0.3) is 0 Å². The van der Waals surface area contributed by atoms with Gasteiger partial charge in [-0.05, 0) is 31.1 Å². The Morgan fingerprint density at radius 3 is 2.76 bits per heavy atom. The van der Waals surface area contributed by atoms with Crippen LogP contribution in [0.15, 0.2) is 36.7 Å². The molecule has 2 rings (SSSR count). The number of imidazole rings is 1. The SMILES string of the molecule is CCCNCc1cccc(CN(C)Cc2nccn2C)c1. The fourth-order valence-electron chi connectivity index (χ4n) is 2.41. The van der Waals surface area contributed by atoms with Crippen LogP contribution in [-0.2, 0) is 26.7 Å². The molecule has 0 aliphatic rings. The topological polar surface area (TPSA) is 33.1 Å². The summed E-state index contributed by atoms with van der Waals surface area (Å²) >= 11 is 0. The normalized spacial score (nSPS) is 11.2. The zero-order chi connectivity index (χ0) is 15.1. The summed E-state index contributed by atoms with van der Waals surface area (Å²) in [5.74, 6) is 1.10. The van der Waals surface area contributed by atoms with Gasteiger partial charge in [-0.1, -0.05) is 31.2 Å². The van der Waals surface area contributed by atoms with Gasteiger partial charge in [0, 0.05) is 32.5 Å². The van der Waals surface area contributed by atoms with E-state index in [1.807, 2.05) is 19.4 Å². The van der Waals surface area contributed by atoms with Gasteiger partial charge in [0.15, 0.2) is 0 Å². The van der Waals surface area contributed by atoms with Crippen molar-refractivity contribution < 1.29 is 0 Å². The second kappa shape index (κ2) is 7.96. The van der Waals surface area contributed by atoms with E-state index in [1.165, 1.54) is 17.5 Å². The van der Waals surface area contributed by atoms with Crippen LogP contribution in [-0.4, -0.2) is 28.0 Å². The van der Waals surface area contributed by atoms with E-state index < -0.39 is 0 Å². The van der Waals surface area contributed by atoms with Crippen LogP contribution >= 0.6 is 0 Å². The first-order chi connectivity index (χ1) is 10.2. The van der Waals surface area contributed by atoms with Gasteiger partial charge in [-0.3, -0.25) is 4.90 Å². The van der Waals surface area contributed by atoms with E-state index in [1.54, 1.807) is 0 Å². The number of rotatable bonds is 8. The van der Waals surface area contributed by atoms with E-state index in [-0.39, 0.29) is 0 Å². The molecule has 0 fully saturated rings. The van der Waals surface area contributed by atoms with Gasteiger partial charge in [0.2, 0.25) is 0 Å². The summed E-state index contributed by atoms with van der Waals surface area (Å²) in [7, 11) is 4.17. The van der Waals surface area contributed by atoms with Crippen molar-refractivity contribution in [2.45, 2.75) is 33.0 Å². The first-order valence-electron chi connectivity index (χ1n) is 7.62. The molecular formula is C17H26N4. The number of hydrogen-bond donors (Lipinski definition) is 1. The van der Waals surface area contributed by atoms with Crippen molar-refractivity contribution in [3.8, 4) is 0 Å². The summed E-state index contributed by atoms with van der Waals surface area (Å²) in [6, 6.07) is 8.81. The minimum absolute atomic E-state index is 0.863. The maximum atomic E-state index is 4.38. The molecule has 0 saturated heterocycles. The monoisotopic (exact) mass is 286 g/mol. The highest BCUT2D eigenvalue weighted by Crippen LogP contribution is 2.09. The second-order valence-electron chi connectivity index (χ2n) is 5.62. The van der Waals surface area contributed by atoms with Crippen molar-refractivity contribution in [1.29, 1.82) is 0 Å². The van der Waals surface area contributed by atoms with Crippen molar-refractivity contribution in [2.24, 2.45) is 7.05 Å². The van der Waals surface area contributed by atoms with Gasteiger partial charge in [-0.15, -0.1) is 0 Å². The number of nitrogens with zero attached hydrogens (tertiary/aromatic N) is 3. The van der Waals surface area contributed by atoms with Gasteiger partial charge in [0.05, 0.1) is 6.54 Å². The number of aromatic nitrogens is 2. The molecule has 0 spiro atoms. The van der Waals surface area contributed by atoms with Crippen molar-refractivity contribution in [2.75, 3.05) is 13.6 Å². The molecule has 1 aromatic heterocycles. The van der Waals surface area contributed by atoms with Crippen LogP contribution in [0, 0.1) is 0 Å². The molecule has 0 aliphatic heterocycles. The van der Waals surface area contributed by atoms with Crippen LogP contribution in [0.3, 0.4) is 0 Å². The lowest BCUT2D eigenvalue weighted by Crippen LogP contribution is -2.20. The lowest BCUT2D eigenvalue weighted by Gasteiger charge is -2.17. The van der Waals surface area contributed by atoms with Gasteiger partial charge in [0.1, 0.15) is 5.82 Å². The lowest BCUT2D eigenvalue weighted by atomic mass is 10.1. The Hall–Kier alpha value is -1.65. The lowest BCUT2D eigenvalue weighted by molar-refractivity contribution is 0.307. The number of benzene rings is 1. The average molecular weight is 286 g/mol. The minimum Gasteiger partial charge on any atom is -0.337 e. The van der Waals surface area contributed by atoms with Crippen LogP contribution in [0.5, 0.6) is 0 Å². The molecule has 0 saturated carbocycles. The highest BCUT2D eigenvalue weighted by atomic mass is 15.1.